The zero-order valence-electron chi connectivity index (χ0n) is 12.5. The summed E-state index contributed by atoms with van der Waals surface area (Å²) in [5, 5.41) is 2.90. The van der Waals surface area contributed by atoms with Crippen LogP contribution in [0.15, 0.2) is 30.3 Å². The van der Waals surface area contributed by atoms with Crippen molar-refractivity contribution >= 4 is 11.8 Å². The molecule has 1 aliphatic heterocycles. The Morgan fingerprint density at radius 2 is 1.76 bits per heavy atom. The van der Waals surface area contributed by atoms with Crippen LogP contribution in [0.3, 0.4) is 0 Å². The van der Waals surface area contributed by atoms with Gasteiger partial charge >= 0.3 is 0 Å². The highest BCUT2D eigenvalue weighted by Gasteiger charge is 2.46. The van der Waals surface area contributed by atoms with Gasteiger partial charge in [0.15, 0.2) is 0 Å². The summed E-state index contributed by atoms with van der Waals surface area (Å²) in [5.41, 5.74) is -0.0857. The van der Waals surface area contributed by atoms with Crippen molar-refractivity contribution in [3.8, 4) is 0 Å². The quantitative estimate of drug-likeness (QED) is 0.906. The summed E-state index contributed by atoms with van der Waals surface area (Å²) >= 11 is 0. The molecular formula is C17H22N2O2. The second-order valence-electron chi connectivity index (χ2n) is 6.26. The highest BCUT2D eigenvalue weighted by molar-refractivity contribution is 5.98. The van der Waals surface area contributed by atoms with E-state index in [2.05, 4.69) is 5.32 Å². The molecular weight excluding hydrogens is 264 g/mol. The minimum Gasteiger partial charge on any atom is -0.337 e. The first-order valence-electron chi connectivity index (χ1n) is 7.79. The van der Waals surface area contributed by atoms with Gasteiger partial charge in [0, 0.05) is 6.04 Å². The fourth-order valence-electron chi connectivity index (χ4n) is 3.54. The van der Waals surface area contributed by atoms with Crippen molar-refractivity contribution in [3.63, 3.8) is 0 Å². The maximum Gasteiger partial charge on any atom is 0.253 e. The van der Waals surface area contributed by atoms with E-state index in [-0.39, 0.29) is 24.4 Å². The van der Waals surface area contributed by atoms with E-state index < -0.39 is 5.54 Å². The average Bonchev–Trinajstić information content (AvgIpc) is 2.52. The zero-order chi connectivity index (χ0) is 14.9. The zero-order valence-corrected chi connectivity index (χ0v) is 12.5. The number of hydrogen-bond acceptors (Lipinski definition) is 2. The van der Waals surface area contributed by atoms with Gasteiger partial charge in [0.25, 0.3) is 5.91 Å². The first-order valence-corrected chi connectivity index (χ1v) is 7.79. The molecule has 0 aromatic heterocycles. The van der Waals surface area contributed by atoms with Crippen molar-refractivity contribution in [3.05, 3.63) is 35.9 Å². The van der Waals surface area contributed by atoms with Gasteiger partial charge in [-0.3, -0.25) is 9.59 Å². The van der Waals surface area contributed by atoms with Gasteiger partial charge in [0.05, 0.1) is 6.54 Å². The largest absolute Gasteiger partial charge is 0.337 e. The van der Waals surface area contributed by atoms with Crippen molar-refractivity contribution in [2.45, 2.75) is 50.6 Å². The Morgan fingerprint density at radius 1 is 1.10 bits per heavy atom. The lowest BCUT2D eigenvalue weighted by atomic mass is 9.86. The Hall–Kier alpha value is -1.84. The van der Waals surface area contributed by atoms with Crippen LogP contribution in [0.25, 0.3) is 0 Å². The van der Waals surface area contributed by atoms with Gasteiger partial charge in [-0.15, -0.1) is 0 Å². The number of piperazine rings is 1. The van der Waals surface area contributed by atoms with Crippen LogP contribution in [0.1, 0.15) is 44.6 Å². The summed E-state index contributed by atoms with van der Waals surface area (Å²) in [6.07, 6.45) is 5.57. The van der Waals surface area contributed by atoms with Crippen LogP contribution >= 0.6 is 0 Å². The number of rotatable bonds is 2. The Bertz CT molecular complexity index is 537. The molecule has 3 rings (SSSR count). The van der Waals surface area contributed by atoms with E-state index >= 15 is 0 Å². The second kappa shape index (κ2) is 5.51. The highest BCUT2D eigenvalue weighted by Crippen LogP contribution is 2.31. The predicted molar refractivity (Wildman–Crippen MR) is 80.5 cm³/mol. The fraction of sp³-hybridized carbons (Fsp3) is 0.529. The molecule has 0 spiro atoms. The van der Waals surface area contributed by atoms with Crippen molar-refractivity contribution in [1.29, 1.82) is 0 Å². The summed E-state index contributed by atoms with van der Waals surface area (Å²) in [6, 6.07) is 9.76. The molecule has 2 aliphatic rings. The van der Waals surface area contributed by atoms with Crippen LogP contribution < -0.4 is 5.32 Å². The smallest absolute Gasteiger partial charge is 0.253 e. The maximum absolute atomic E-state index is 13.0. The molecule has 1 heterocycles. The van der Waals surface area contributed by atoms with Gasteiger partial charge in [0.2, 0.25) is 5.91 Å². The average molecular weight is 286 g/mol. The lowest BCUT2D eigenvalue weighted by Gasteiger charge is -2.44. The monoisotopic (exact) mass is 286 g/mol. The molecule has 1 N–H and O–H groups in total. The third-order valence-corrected chi connectivity index (χ3v) is 4.76. The van der Waals surface area contributed by atoms with E-state index in [4.69, 9.17) is 0 Å². The Morgan fingerprint density at radius 3 is 2.43 bits per heavy atom. The number of benzene rings is 1. The summed E-state index contributed by atoms with van der Waals surface area (Å²) in [7, 11) is 0. The number of amides is 2. The van der Waals surface area contributed by atoms with Crippen LogP contribution in [0.5, 0.6) is 0 Å². The highest BCUT2D eigenvalue weighted by atomic mass is 16.2. The second-order valence-corrected chi connectivity index (χ2v) is 6.26. The minimum absolute atomic E-state index is 0.0280. The van der Waals surface area contributed by atoms with Gasteiger partial charge in [0.1, 0.15) is 5.54 Å². The Balaban J connectivity index is 1.91. The van der Waals surface area contributed by atoms with Crippen LogP contribution in [-0.2, 0) is 15.1 Å². The molecule has 0 bridgehead atoms. The van der Waals surface area contributed by atoms with Crippen LogP contribution in [0.4, 0.5) is 0 Å². The van der Waals surface area contributed by atoms with Crippen molar-refractivity contribution in [2.75, 3.05) is 6.54 Å². The lowest BCUT2D eigenvalue weighted by Crippen LogP contribution is -2.65. The predicted octanol–water partition coefficient (Wildman–Crippen LogP) is 2.19. The number of carbonyl (C=O) groups excluding carboxylic acids is 2. The number of carbonyl (C=O) groups is 2. The molecule has 1 aromatic carbocycles. The lowest BCUT2D eigenvalue weighted by molar-refractivity contribution is -0.152. The molecule has 4 heteroatoms. The summed E-state index contributed by atoms with van der Waals surface area (Å²) < 4.78 is 0. The standard InChI is InChI=1S/C17H22N2O2/c1-17(13-8-4-2-5-9-13)16(21)19(12-15(20)18-17)14-10-6-3-7-11-14/h2,4-5,8-9,14H,3,6-7,10-12H2,1H3,(H,18,20). The molecule has 1 unspecified atom stereocenters. The van der Waals surface area contributed by atoms with Gasteiger partial charge in [-0.25, -0.2) is 0 Å². The first-order chi connectivity index (χ1) is 10.1. The number of hydrogen-bond donors (Lipinski definition) is 1. The van der Waals surface area contributed by atoms with Gasteiger partial charge in [-0.05, 0) is 25.3 Å². The van der Waals surface area contributed by atoms with E-state index in [1.54, 1.807) is 0 Å². The molecule has 0 radical (unpaired) electrons. The summed E-state index contributed by atoms with van der Waals surface area (Å²) in [4.78, 5) is 27.0. The van der Waals surface area contributed by atoms with E-state index in [1.807, 2.05) is 42.2 Å². The van der Waals surface area contributed by atoms with E-state index in [9.17, 15) is 9.59 Å². The van der Waals surface area contributed by atoms with E-state index in [0.717, 1.165) is 31.2 Å². The maximum atomic E-state index is 13.0. The van der Waals surface area contributed by atoms with Crippen LogP contribution in [0.2, 0.25) is 0 Å². The number of nitrogens with zero attached hydrogens (tertiary/aromatic N) is 1. The van der Waals surface area contributed by atoms with E-state index in [1.165, 1.54) is 6.42 Å². The molecule has 1 saturated carbocycles. The van der Waals surface area contributed by atoms with Crippen molar-refractivity contribution < 1.29 is 9.59 Å². The first kappa shape index (κ1) is 14.1. The van der Waals surface area contributed by atoms with Gasteiger partial charge in [-0.2, -0.15) is 0 Å². The summed E-state index contributed by atoms with van der Waals surface area (Å²) in [5.74, 6) is -0.0354. The molecule has 112 valence electrons. The summed E-state index contributed by atoms with van der Waals surface area (Å²) in [6.45, 7) is 2.02. The SMILES string of the molecule is CC1(c2ccccc2)NC(=O)CN(C2CCCCC2)C1=O. The third kappa shape index (κ3) is 2.55. The fourth-order valence-corrected chi connectivity index (χ4v) is 3.54. The number of nitrogens with one attached hydrogen (secondary N) is 1. The normalized spacial score (nSPS) is 27.6. The van der Waals surface area contributed by atoms with Gasteiger partial charge < -0.3 is 10.2 Å². The Labute approximate surface area is 125 Å². The molecule has 2 amide bonds. The third-order valence-electron chi connectivity index (χ3n) is 4.76. The molecule has 1 saturated heterocycles. The van der Waals surface area contributed by atoms with Crippen molar-refractivity contribution in [2.24, 2.45) is 0 Å². The van der Waals surface area contributed by atoms with Crippen LogP contribution in [0, 0.1) is 0 Å². The van der Waals surface area contributed by atoms with Crippen LogP contribution in [-0.4, -0.2) is 29.3 Å². The molecule has 2 fully saturated rings. The molecule has 1 atom stereocenters. The van der Waals surface area contributed by atoms with E-state index in [0.29, 0.717) is 0 Å². The molecule has 1 aliphatic carbocycles. The van der Waals surface area contributed by atoms with Crippen molar-refractivity contribution in [1.82, 2.24) is 10.2 Å². The minimum atomic E-state index is -0.936. The molecule has 4 nitrogen and oxygen atoms in total. The molecule has 1 aromatic rings. The molecule has 21 heavy (non-hydrogen) atoms. The topological polar surface area (TPSA) is 49.4 Å². The Kier molecular flexibility index (Phi) is 3.70. The van der Waals surface area contributed by atoms with Gasteiger partial charge in [-0.1, -0.05) is 49.6 Å².